The van der Waals surface area contributed by atoms with E-state index in [9.17, 15) is 33.8 Å². The van der Waals surface area contributed by atoms with Crippen molar-refractivity contribution in [2.45, 2.75) is 38.9 Å². The fourth-order valence-corrected chi connectivity index (χ4v) is 4.85. The topological polar surface area (TPSA) is 163 Å². The van der Waals surface area contributed by atoms with Gasteiger partial charge in [-0.15, -0.1) is 0 Å². The average Bonchev–Trinajstić information content (AvgIpc) is 2.82. The molecule has 12 nitrogen and oxygen atoms in total. The van der Waals surface area contributed by atoms with Crippen molar-refractivity contribution in [3.63, 3.8) is 0 Å². The van der Waals surface area contributed by atoms with Crippen LogP contribution in [0.2, 0.25) is 0 Å². The molecule has 4 atom stereocenters. The minimum atomic E-state index is -2.00. The lowest BCUT2D eigenvalue weighted by Crippen LogP contribution is -2.66. The normalized spacial score (nSPS) is 18.5. The molecule has 190 valence electrons. The van der Waals surface area contributed by atoms with Crippen molar-refractivity contribution in [3.05, 3.63) is 62.7 Å². The number of methoxy groups -OCH3 is 1. The standard InChI is InChI=1S/C22H26N2O10S/c1-12(2)18(21(27)32-5)23-19(26)17(20(23)35(31)13(3)10-25)14(4)34-22(28)33-11-15-6-8-16(9-7-15)24(29)30/h6-9,14,17,20,25H,3,10-11H2,1-2,4-5H3/t14?,17-,20+,35?/m0/s1. The van der Waals surface area contributed by atoms with E-state index in [1.807, 2.05) is 0 Å². The maximum Gasteiger partial charge on any atom is 0.508 e. The lowest BCUT2D eigenvalue weighted by atomic mass is 9.91. The molecule has 2 unspecified atom stereocenters. The number of allylic oxidation sites excluding steroid dienone is 1. The first-order valence-corrected chi connectivity index (χ1v) is 11.5. The molecule has 13 heteroatoms. The number of nitrogens with zero attached hydrogens (tertiary/aromatic N) is 2. The molecular formula is C22H26N2O10S. The van der Waals surface area contributed by atoms with E-state index in [0.29, 0.717) is 11.1 Å². The second-order valence-corrected chi connectivity index (χ2v) is 9.40. The van der Waals surface area contributed by atoms with Gasteiger partial charge in [0, 0.05) is 17.0 Å². The van der Waals surface area contributed by atoms with Crippen molar-refractivity contribution < 1.29 is 42.8 Å². The van der Waals surface area contributed by atoms with Crippen LogP contribution in [0, 0.1) is 16.0 Å². The Kier molecular flexibility index (Phi) is 9.25. The maximum absolute atomic E-state index is 13.0. The first-order valence-electron chi connectivity index (χ1n) is 10.3. The molecule has 1 aromatic carbocycles. The Morgan fingerprint density at radius 3 is 2.37 bits per heavy atom. The molecule has 1 N–H and O–H groups in total. The summed E-state index contributed by atoms with van der Waals surface area (Å²) >= 11 is 0. The van der Waals surface area contributed by atoms with Crippen molar-refractivity contribution in [1.29, 1.82) is 0 Å². The Balaban J connectivity index is 2.16. The van der Waals surface area contributed by atoms with Crippen LogP contribution in [0.4, 0.5) is 10.5 Å². The third kappa shape index (κ3) is 6.11. The zero-order chi connectivity index (χ0) is 26.4. The molecule has 0 aromatic heterocycles. The van der Waals surface area contributed by atoms with Gasteiger partial charge in [-0.25, -0.2) is 9.59 Å². The summed E-state index contributed by atoms with van der Waals surface area (Å²) in [5.74, 6) is -2.57. The van der Waals surface area contributed by atoms with E-state index in [4.69, 9.17) is 14.2 Å². The molecule has 1 fully saturated rings. The van der Waals surface area contributed by atoms with Gasteiger partial charge in [0.25, 0.3) is 5.69 Å². The van der Waals surface area contributed by atoms with E-state index in [0.717, 1.165) is 12.0 Å². The number of hydrogen-bond donors (Lipinski definition) is 1. The number of nitro benzene ring substituents is 1. The number of hydrogen-bond acceptors (Lipinski definition) is 10. The van der Waals surface area contributed by atoms with E-state index in [1.54, 1.807) is 13.8 Å². The van der Waals surface area contributed by atoms with Crippen LogP contribution in [0.25, 0.3) is 0 Å². The van der Waals surface area contributed by atoms with Gasteiger partial charge in [-0.1, -0.05) is 6.58 Å². The molecule has 1 aromatic rings. The number of nitro groups is 1. The highest BCUT2D eigenvalue weighted by molar-refractivity contribution is 7.89. The average molecular weight is 511 g/mol. The number of ether oxygens (including phenoxy) is 3. The number of β-lactam (4-membered cyclic amide) rings is 1. The fraction of sp³-hybridized carbons (Fsp3) is 0.409. The quantitative estimate of drug-likeness (QED) is 0.162. The molecule has 0 spiro atoms. The predicted octanol–water partition coefficient (Wildman–Crippen LogP) is 2.14. The Morgan fingerprint density at radius 2 is 1.89 bits per heavy atom. The number of likely N-dealkylation sites (tertiary alicyclic amines) is 1. The van der Waals surface area contributed by atoms with Gasteiger partial charge in [-0.05, 0) is 44.0 Å². The van der Waals surface area contributed by atoms with Crippen LogP contribution in [-0.4, -0.2) is 62.4 Å². The molecule has 2 rings (SSSR count). The number of aliphatic hydroxyl groups is 1. The second-order valence-electron chi connectivity index (χ2n) is 7.74. The molecule has 0 aliphatic carbocycles. The van der Waals surface area contributed by atoms with Gasteiger partial charge in [0.1, 0.15) is 29.7 Å². The lowest BCUT2D eigenvalue weighted by molar-refractivity contribution is -0.384. The van der Waals surface area contributed by atoms with Crippen molar-refractivity contribution in [2.75, 3.05) is 13.7 Å². The summed E-state index contributed by atoms with van der Waals surface area (Å²) in [6, 6.07) is 5.33. The Hall–Kier alpha value is -3.58. The third-order valence-corrected chi connectivity index (χ3v) is 6.79. The number of carbonyl (C=O) groups is 3. The van der Waals surface area contributed by atoms with Crippen LogP contribution in [0.5, 0.6) is 0 Å². The number of carbonyl (C=O) groups excluding carboxylic acids is 3. The van der Waals surface area contributed by atoms with Crippen molar-refractivity contribution in [3.8, 4) is 0 Å². The van der Waals surface area contributed by atoms with Crippen LogP contribution in [0.1, 0.15) is 26.3 Å². The zero-order valence-corrected chi connectivity index (χ0v) is 20.4. The van der Waals surface area contributed by atoms with E-state index >= 15 is 0 Å². The zero-order valence-electron chi connectivity index (χ0n) is 19.6. The van der Waals surface area contributed by atoms with Gasteiger partial charge in [-0.3, -0.25) is 24.0 Å². The van der Waals surface area contributed by atoms with Gasteiger partial charge in [-0.2, -0.15) is 0 Å². The number of esters is 1. The van der Waals surface area contributed by atoms with Crippen LogP contribution in [-0.2, 0) is 41.2 Å². The van der Waals surface area contributed by atoms with E-state index in [1.165, 1.54) is 31.2 Å². The first-order chi connectivity index (χ1) is 16.4. The summed E-state index contributed by atoms with van der Waals surface area (Å²) in [6.07, 6.45) is -2.23. The summed E-state index contributed by atoms with van der Waals surface area (Å²) in [4.78, 5) is 48.6. The number of aliphatic hydroxyl groups excluding tert-OH is 1. The maximum atomic E-state index is 13.0. The van der Waals surface area contributed by atoms with Crippen LogP contribution >= 0.6 is 0 Å². The predicted molar refractivity (Wildman–Crippen MR) is 123 cm³/mol. The monoisotopic (exact) mass is 510 g/mol. The highest BCUT2D eigenvalue weighted by atomic mass is 32.2. The highest BCUT2D eigenvalue weighted by Gasteiger charge is 2.57. The Labute approximate surface area is 203 Å². The van der Waals surface area contributed by atoms with Crippen LogP contribution in [0.3, 0.4) is 0 Å². The number of non-ortho nitro benzene ring substituents is 1. The number of amides is 1. The largest absolute Gasteiger partial charge is 0.508 e. The Morgan fingerprint density at radius 1 is 1.29 bits per heavy atom. The molecule has 1 heterocycles. The molecule has 35 heavy (non-hydrogen) atoms. The van der Waals surface area contributed by atoms with Gasteiger partial charge >= 0.3 is 12.1 Å². The molecule has 1 aliphatic rings. The smallest absolute Gasteiger partial charge is 0.464 e. The molecule has 0 saturated carbocycles. The van der Waals surface area contributed by atoms with Gasteiger partial charge in [0.15, 0.2) is 0 Å². The van der Waals surface area contributed by atoms with Crippen molar-refractivity contribution in [2.24, 2.45) is 5.92 Å². The SMILES string of the molecule is C=C(CO)S(=O)[C@@H]1[C@@H](C(C)OC(=O)OCc2ccc([N+](=O)[O-])cc2)C(=O)N1C(C(=O)OC)=C(C)C. The molecular weight excluding hydrogens is 484 g/mol. The molecule has 0 bridgehead atoms. The first kappa shape index (κ1) is 27.7. The highest BCUT2D eigenvalue weighted by Crippen LogP contribution is 2.39. The van der Waals surface area contributed by atoms with Gasteiger partial charge in [0.05, 0.1) is 29.4 Å². The van der Waals surface area contributed by atoms with Crippen molar-refractivity contribution >= 4 is 34.5 Å². The third-order valence-electron chi connectivity index (χ3n) is 5.15. The summed E-state index contributed by atoms with van der Waals surface area (Å²) in [7, 11) is -0.866. The lowest BCUT2D eigenvalue weighted by Gasteiger charge is -2.48. The minimum absolute atomic E-state index is 0.0802. The molecule has 1 amide bonds. The van der Waals surface area contributed by atoms with Crippen LogP contribution < -0.4 is 0 Å². The van der Waals surface area contributed by atoms with E-state index in [2.05, 4.69) is 6.58 Å². The van der Waals surface area contributed by atoms with Crippen LogP contribution in [0.15, 0.2) is 47.0 Å². The molecule has 1 aliphatic heterocycles. The summed E-state index contributed by atoms with van der Waals surface area (Å²) in [6.45, 7) is 7.23. The summed E-state index contributed by atoms with van der Waals surface area (Å²) < 4.78 is 28.0. The van der Waals surface area contributed by atoms with E-state index in [-0.39, 0.29) is 22.9 Å². The summed E-state index contributed by atoms with van der Waals surface area (Å²) in [5, 5.41) is 18.9. The van der Waals surface area contributed by atoms with Crippen molar-refractivity contribution in [1.82, 2.24) is 4.90 Å². The number of benzene rings is 1. The second kappa shape index (κ2) is 11.7. The molecule has 1 saturated heterocycles. The summed E-state index contributed by atoms with van der Waals surface area (Å²) in [5.41, 5.74) is 0.668. The molecule has 0 radical (unpaired) electrons. The fourth-order valence-electron chi connectivity index (χ4n) is 3.38. The van der Waals surface area contributed by atoms with E-state index < -0.39 is 57.8 Å². The Bertz CT molecular complexity index is 1080. The number of rotatable bonds is 10. The van der Waals surface area contributed by atoms with Gasteiger partial charge < -0.3 is 19.3 Å². The minimum Gasteiger partial charge on any atom is -0.464 e. The van der Waals surface area contributed by atoms with Gasteiger partial charge in [0.2, 0.25) is 5.91 Å².